The van der Waals surface area contributed by atoms with Crippen molar-refractivity contribution in [2.24, 2.45) is 0 Å². The van der Waals surface area contributed by atoms with Crippen LogP contribution in [0.4, 0.5) is 0 Å². The number of ether oxygens (including phenoxy) is 1. The summed E-state index contributed by atoms with van der Waals surface area (Å²) in [4.78, 5) is 24.1. The van der Waals surface area contributed by atoms with Crippen molar-refractivity contribution in [1.82, 2.24) is 14.9 Å². The van der Waals surface area contributed by atoms with Crippen LogP contribution in [-0.2, 0) is 11.3 Å². The van der Waals surface area contributed by atoms with Gasteiger partial charge in [-0.25, -0.2) is 4.98 Å². The first-order valence-corrected chi connectivity index (χ1v) is 12.9. The average Bonchev–Trinajstić information content (AvgIpc) is 3.22. The molecule has 6 nitrogen and oxygen atoms in total. The van der Waals surface area contributed by atoms with Crippen molar-refractivity contribution in [3.8, 4) is 11.1 Å². The number of nitrogens with one attached hydrogen (secondary N) is 1. The van der Waals surface area contributed by atoms with Gasteiger partial charge in [0.05, 0.1) is 24.6 Å². The molecule has 1 aliphatic carbocycles. The Hall–Kier alpha value is -2.06. The van der Waals surface area contributed by atoms with Crippen LogP contribution in [0.15, 0.2) is 28.4 Å². The molecule has 1 aromatic carbocycles. The van der Waals surface area contributed by atoms with Crippen LogP contribution in [0.2, 0.25) is 0 Å². The van der Waals surface area contributed by atoms with E-state index in [-0.39, 0.29) is 5.56 Å². The van der Waals surface area contributed by atoms with Crippen molar-refractivity contribution >= 4 is 21.6 Å². The summed E-state index contributed by atoms with van der Waals surface area (Å²) < 4.78 is 5.42. The molecule has 0 saturated heterocycles. The number of aromatic nitrogens is 2. The van der Waals surface area contributed by atoms with Crippen LogP contribution in [0.5, 0.6) is 0 Å². The van der Waals surface area contributed by atoms with E-state index in [0.717, 1.165) is 34.4 Å². The van der Waals surface area contributed by atoms with Crippen LogP contribution in [0.3, 0.4) is 0 Å². The highest BCUT2D eigenvalue weighted by Crippen LogP contribution is 2.33. The van der Waals surface area contributed by atoms with E-state index in [9.17, 15) is 9.90 Å². The molecule has 1 fully saturated rings. The highest BCUT2D eigenvalue weighted by atomic mass is 32.1. The van der Waals surface area contributed by atoms with Gasteiger partial charge in [0, 0.05) is 30.1 Å². The van der Waals surface area contributed by atoms with Crippen LogP contribution in [-0.4, -0.2) is 51.9 Å². The lowest BCUT2D eigenvalue weighted by Crippen LogP contribution is -2.43. The standard InChI is InChI=1S/C26H35N3O3S/c1-4-32-15-20(30)13-29(19-8-6-5-7-9-19)14-23-27-25(31)24-22(16-33-26(24)28-23)21-11-10-17(2)12-18(21)3/h10-12,16,19-20,30H,4-9,13-15H2,1-3H3,(H,27,28,31). The van der Waals surface area contributed by atoms with E-state index in [2.05, 4.69) is 41.9 Å². The van der Waals surface area contributed by atoms with E-state index in [4.69, 9.17) is 9.72 Å². The molecule has 2 N–H and O–H groups in total. The highest BCUT2D eigenvalue weighted by molar-refractivity contribution is 7.17. The number of aryl methyl sites for hydroxylation is 2. The predicted molar refractivity (Wildman–Crippen MR) is 135 cm³/mol. The lowest BCUT2D eigenvalue weighted by atomic mass is 9.94. The van der Waals surface area contributed by atoms with Gasteiger partial charge in [-0.3, -0.25) is 9.69 Å². The van der Waals surface area contributed by atoms with Crippen LogP contribution in [0, 0.1) is 13.8 Å². The van der Waals surface area contributed by atoms with Gasteiger partial charge in [-0.2, -0.15) is 0 Å². The summed E-state index contributed by atoms with van der Waals surface area (Å²) in [6.07, 6.45) is 5.35. The molecular weight excluding hydrogens is 434 g/mol. The number of aliphatic hydroxyl groups excluding tert-OH is 1. The third-order valence-corrected chi connectivity index (χ3v) is 7.44. The van der Waals surface area contributed by atoms with E-state index in [0.29, 0.717) is 43.6 Å². The average molecular weight is 470 g/mol. The maximum absolute atomic E-state index is 13.2. The number of aliphatic hydroxyl groups is 1. The monoisotopic (exact) mass is 469 g/mol. The molecule has 3 aromatic rings. The summed E-state index contributed by atoms with van der Waals surface area (Å²) in [6, 6.07) is 6.71. The molecule has 1 unspecified atom stereocenters. The molecule has 7 heteroatoms. The van der Waals surface area contributed by atoms with Gasteiger partial charge in [-0.15, -0.1) is 11.3 Å². The third kappa shape index (κ3) is 5.72. The van der Waals surface area contributed by atoms with E-state index >= 15 is 0 Å². The Morgan fingerprint density at radius 2 is 2.03 bits per heavy atom. The Kier molecular flexibility index (Phi) is 7.96. The summed E-state index contributed by atoms with van der Waals surface area (Å²) in [5.74, 6) is 0.663. The molecule has 2 aromatic heterocycles. The molecule has 1 saturated carbocycles. The summed E-state index contributed by atoms with van der Waals surface area (Å²) >= 11 is 1.52. The molecule has 0 spiro atoms. The number of nitrogens with zero attached hydrogens (tertiary/aromatic N) is 2. The van der Waals surface area contributed by atoms with Gasteiger partial charge < -0.3 is 14.8 Å². The fraction of sp³-hybridized carbons (Fsp3) is 0.538. The summed E-state index contributed by atoms with van der Waals surface area (Å²) in [7, 11) is 0. The quantitative estimate of drug-likeness (QED) is 0.471. The maximum Gasteiger partial charge on any atom is 0.260 e. The number of benzene rings is 1. The Morgan fingerprint density at radius 3 is 2.76 bits per heavy atom. The minimum Gasteiger partial charge on any atom is -0.389 e. The van der Waals surface area contributed by atoms with Crippen molar-refractivity contribution in [3.05, 3.63) is 50.9 Å². The number of fused-ring (bicyclic) bond motifs is 1. The molecule has 4 rings (SSSR count). The normalized spacial score (nSPS) is 16.0. The third-order valence-electron chi connectivity index (χ3n) is 6.57. The number of hydrogen-bond acceptors (Lipinski definition) is 6. The predicted octanol–water partition coefficient (Wildman–Crippen LogP) is 4.80. The summed E-state index contributed by atoms with van der Waals surface area (Å²) in [6.45, 7) is 8.05. The van der Waals surface area contributed by atoms with E-state index in [1.54, 1.807) is 0 Å². The second kappa shape index (κ2) is 10.9. The van der Waals surface area contributed by atoms with Crippen molar-refractivity contribution in [3.63, 3.8) is 0 Å². The first-order chi connectivity index (χ1) is 16.0. The van der Waals surface area contributed by atoms with E-state index in [1.807, 2.05) is 12.3 Å². The lowest BCUT2D eigenvalue weighted by Gasteiger charge is -2.35. The van der Waals surface area contributed by atoms with Gasteiger partial charge in [0.2, 0.25) is 0 Å². The molecule has 33 heavy (non-hydrogen) atoms. The number of rotatable bonds is 9. The zero-order valence-corrected chi connectivity index (χ0v) is 20.7. The maximum atomic E-state index is 13.2. The van der Waals surface area contributed by atoms with E-state index in [1.165, 1.54) is 36.2 Å². The summed E-state index contributed by atoms with van der Waals surface area (Å²) in [5, 5.41) is 13.2. The molecule has 1 atom stereocenters. The smallest absolute Gasteiger partial charge is 0.260 e. The minimum atomic E-state index is -0.555. The van der Waals surface area contributed by atoms with Crippen molar-refractivity contribution in [2.75, 3.05) is 19.8 Å². The van der Waals surface area contributed by atoms with Gasteiger partial charge >= 0.3 is 0 Å². The Morgan fingerprint density at radius 1 is 1.24 bits per heavy atom. The first kappa shape index (κ1) is 24.1. The van der Waals surface area contributed by atoms with Gasteiger partial charge in [-0.05, 0) is 44.7 Å². The van der Waals surface area contributed by atoms with E-state index < -0.39 is 6.10 Å². The van der Waals surface area contributed by atoms with Crippen molar-refractivity contribution < 1.29 is 9.84 Å². The van der Waals surface area contributed by atoms with Gasteiger partial charge in [0.25, 0.3) is 5.56 Å². The number of H-pyrrole nitrogens is 1. The van der Waals surface area contributed by atoms with Crippen molar-refractivity contribution in [2.45, 2.75) is 71.6 Å². The fourth-order valence-corrected chi connectivity index (χ4v) is 5.90. The minimum absolute atomic E-state index is 0.0929. The van der Waals surface area contributed by atoms with Crippen LogP contribution >= 0.6 is 11.3 Å². The molecule has 0 aliphatic heterocycles. The molecule has 0 bridgehead atoms. The Bertz CT molecular complexity index is 1130. The van der Waals surface area contributed by atoms with Crippen molar-refractivity contribution in [1.29, 1.82) is 0 Å². The van der Waals surface area contributed by atoms with Crippen LogP contribution < -0.4 is 5.56 Å². The SMILES string of the molecule is CCOCC(O)CN(Cc1nc2scc(-c3ccc(C)cc3C)c2c(=O)[nH]1)C1CCCCC1. The molecule has 0 radical (unpaired) electrons. The molecule has 2 heterocycles. The topological polar surface area (TPSA) is 78.5 Å². The Balaban J connectivity index is 1.61. The van der Waals surface area contributed by atoms with Gasteiger partial charge in [0.15, 0.2) is 0 Å². The zero-order chi connectivity index (χ0) is 23.4. The second-order valence-electron chi connectivity index (χ2n) is 9.20. The number of aromatic amines is 1. The zero-order valence-electron chi connectivity index (χ0n) is 19.9. The highest BCUT2D eigenvalue weighted by Gasteiger charge is 2.25. The van der Waals surface area contributed by atoms with Gasteiger partial charge in [0.1, 0.15) is 10.7 Å². The first-order valence-electron chi connectivity index (χ1n) is 12.0. The number of thiophene rings is 1. The van der Waals surface area contributed by atoms with Gasteiger partial charge in [-0.1, -0.05) is 43.0 Å². The lowest BCUT2D eigenvalue weighted by molar-refractivity contribution is 0.00493. The molecular formula is C26H35N3O3S. The summed E-state index contributed by atoms with van der Waals surface area (Å²) in [5.41, 5.74) is 4.30. The Labute approximate surface area is 199 Å². The molecule has 178 valence electrons. The number of hydrogen-bond donors (Lipinski definition) is 2. The van der Waals surface area contributed by atoms with Crippen LogP contribution in [0.25, 0.3) is 21.3 Å². The fourth-order valence-electron chi connectivity index (χ4n) is 4.94. The molecule has 0 amide bonds. The molecule has 1 aliphatic rings. The largest absolute Gasteiger partial charge is 0.389 e. The second-order valence-corrected chi connectivity index (χ2v) is 10.1. The van der Waals surface area contributed by atoms with Crippen LogP contribution in [0.1, 0.15) is 56.0 Å².